The van der Waals surface area contributed by atoms with Crippen LogP contribution in [0.25, 0.3) is 0 Å². The second-order valence-corrected chi connectivity index (χ2v) is 10.1. The van der Waals surface area contributed by atoms with Gasteiger partial charge >= 0.3 is 0 Å². The lowest BCUT2D eigenvalue weighted by Crippen LogP contribution is -2.60. The number of likely N-dealkylation sites (tertiary alicyclic amines) is 1. The number of carbonyl (C=O) groups excluding carboxylic acids is 3. The first kappa shape index (κ1) is 24.9. The van der Waals surface area contributed by atoms with Crippen LogP contribution >= 0.6 is 0 Å². The number of ether oxygens (including phenoxy) is 1. The van der Waals surface area contributed by atoms with E-state index >= 15 is 0 Å². The van der Waals surface area contributed by atoms with Gasteiger partial charge in [-0.15, -0.1) is 0 Å². The summed E-state index contributed by atoms with van der Waals surface area (Å²) in [6.07, 6.45) is 0.909. The first-order valence-corrected chi connectivity index (χ1v) is 12.4. The molecule has 1 N–H and O–H groups in total. The minimum Gasteiger partial charge on any atom is -0.354 e. The van der Waals surface area contributed by atoms with E-state index in [-0.39, 0.29) is 24.3 Å². The van der Waals surface area contributed by atoms with Crippen molar-refractivity contribution in [3.05, 3.63) is 70.8 Å². The molecule has 0 aliphatic carbocycles. The number of hydrogen-bond donors (Lipinski definition) is 1. The van der Waals surface area contributed by atoms with Gasteiger partial charge in [-0.2, -0.15) is 0 Å². The Bertz CT molecular complexity index is 1070. The summed E-state index contributed by atoms with van der Waals surface area (Å²) in [6.45, 7) is 9.60. The van der Waals surface area contributed by atoms with Gasteiger partial charge in [-0.3, -0.25) is 19.3 Å². The van der Waals surface area contributed by atoms with Crippen molar-refractivity contribution >= 4 is 17.7 Å². The summed E-state index contributed by atoms with van der Waals surface area (Å²) >= 11 is 0. The molecule has 2 aromatic rings. The molecule has 1 spiro atoms. The van der Waals surface area contributed by atoms with Crippen molar-refractivity contribution < 1.29 is 19.1 Å². The van der Waals surface area contributed by atoms with Crippen LogP contribution in [0.5, 0.6) is 0 Å². The second-order valence-electron chi connectivity index (χ2n) is 10.1. The lowest BCUT2D eigenvalue weighted by molar-refractivity contribution is -0.128. The number of carbonyl (C=O) groups is 3. The smallest absolute Gasteiger partial charge is 0.256 e. The molecule has 7 heteroatoms. The number of benzene rings is 2. The van der Waals surface area contributed by atoms with E-state index in [0.717, 1.165) is 11.1 Å². The zero-order chi connectivity index (χ0) is 25.2. The van der Waals surface area contributed by atoms with Gasteiger partial charge in [0.1, 0.15) is 11.8 Å². The Morgan fingerprint density at radius 3 is 1.94 bits per heavy atom. The van der Waals surface area contributed by atoms with E-state index in [9.17, 15) is 14.4 Å². The molecule has 7 nitrogen and oxygen atoms in total. The Hall–Kier alpha value is -3.19. The Morgan fingerprint density at radius 2 is 1.43 bits per heavy atom. The molecule has 2 fully saturated rings. The second kappa shape index (κ2) is 10.2. The van der Waals surface area contributed by atoms with Gasteiger partial charge in [0.2, 0.25) is 5.91 Å². The van der Waals surface area contributed by atoms with Crippen LogP contribution in [-0.4, -0.2) is 65.5 Å². The molecule has 2 aliphatic rings. The van der Waals surface area contributed by atoms with E-state index < -0.39 is 11.8 Å². The normalized spacial score (nSPS) is 19.3. The van der Waals surface area contributed by atoms with Crippen molar-refractivity contribution in [3.63, 3.8) is 0 Å². The summed E-state index contributed by atoms with van der Waals surface area (Å²) in [5.41, 5.74) is 2.43. The van der Waals surface area contributed by atoms with Gasteiger partial charge in [0.05, 0.1) is 6.61 Å². The van der Waals surface area contributed by atoms with Gasteiger partial charge in [-0.05, 0) is 44.0 Å². The topological polar surface area (TPSA) is 79.0 Å². The molecular formula is C28H35N3O4. The van der Waals surface area contributed by atoms with Crippen molar-refractivity contribution in [1.82, 2.24) is 15.1 Å². The molecule has 2 aliphatic heterocycles. The summed E-state index contributed by atoms with van der Waals surface area (Å²) in [7, 11) is 0. The van der Waals surface area contributed by atoms with E-state index in [0.29, 0.717) is 49.5 Å². The average Bonchev–Trinajstić information content (AvgIpc) is 3.21. The van der Waals surface area contributed by atoms with Crippen LogP contribution in [-0.2, 0) is 9.53 Å². The van der Waals surface area contributed by atoms with Crippen molar-refractivity contribution in [2.24, 2.45) is 5.92 Å². The fraction of sp³-hybridized carbons (Fsp3) is 0.464. The SMILES string of the molecule is Cc1ccc(C(=O)N2CCC3(CC2)OC[C@H](C(=O)NCC(C)C)N3C(=O)c2ccc(C)cc2)cc1. The van der Waals surface area contributed by atoms with Gasteiger partial charge in [-0.25, -0.2) is 0 Å². The average molecular weight is 478 g/mol. The van der Waals surface area contributed by atoms with Gasteiger partial charge < -0.3 is 15.0 Å². The Labute approximate surface area is 207 Å². The van der Waals surface area contributed by atoms with Gasteiger partial charge in [0, 0.05) is 43.6 Å². The number of hydrogen-bond acceptors (Lipinski definition) is 4. The summed E-state index contributed by atoms with van der Waals surface area (Å²) in [4.78, 5) is 43.3. The van der Waals surface area contributed by atoms with Crippen molar-refractivity contribution in [2.45, 2.75) is 52.3 Å². The number of amides is 3. The quantitative estimate of drug-likeness (QED) is 0.714. The highest BCUT2D eigenvalue weighted by molar-refractivity contribution is 5.98. The maximum atomic E-state index is 13.7. The Kier molecular flexibility index (Phi) is 7.26. The molecule has 35 heavy (non-hydrogen) atoms. The molecule has 0 aromatic heterocycles. The molecule has 2 saturated heterocycles. The third-order valence-electron chi connectivity index (χ3n) is 6.90. The highest BCUT2D eigenvalue weighted by Gasteiger charge is 2.54. The van der Waals surface area contributed by atoms with Crippen LogP contribution in [0, 0.1) is 19.8 Å². The minimum absolute atomic E-state index is 0.0273. The first-order chi connectivity index (χ1) is 16.7. The molecule has 3 amide bonds. The van der Waals surface area contributed by atoms with Gasteiger partial charge in [-0.1, -0.05) is 49.2 Å². The number of rotatable bonds is 5. The molecule has 4 rings (SSSR count). The predicted octanol–water partition coefficient (Wildman–Crippen LogP) is 3.55. The van der Waals surface area contributed by atoms with E-state index in [1.165, 1.54) is 0 Å². The third kappa shape index (κ3) is 5.25. The lowest BCUT2D eigenvalue weighted by atomic mass is 9.95. The molecule has 0 bridgehead atoms. The van der Waals surface area contributed by atoms with Crippen molar-refractivity contribution in [2.75, 3.05) is 26.2 Å². The number of aryl methyl sites for hydroxylation is 2. The highest BCUT2D eigenvalue weighted by atomic mass is 16.5. The third-order valence-corrected chi connectivity index (χ3v) is 6.90. The summed E-state index contributed by atoms with van der Waals surface area (Å²) in [6, 6.07) is 14.2. The summed E-state index contributed by atoms with van der Waals surface area (Å²) in [5.74, 6) is -0.146. The van der Waals surface area contributed by atoms with E-state index in [4.69, 9.17) is 4.74 Å². The lowest BCUT2D eigenvalue weighted by Gasteiger charge is -2.44. The highest BCUT2D eigenvalue weighted by Crippen LogP contribution is 2.39. The summed E-state index contributed by atoms with van der Waals surface area (Å²) in [5, 5.41) is 2.97. The largest absolute Gasteiger partial charge is 0.354 e. The minimum atomic E-state index is -0.911. The zero-order valence-electron chi connectivity index (χ0n) is 21.0. The Morgan fingerprint density at radius 1 is 0.914 bits per heavy atom. The van der Waals surface area contributed by atoms with E-state index in [1.54, 1.807) is 21.9 Å². The van der Waals surface area contributed by atoms with E-state index in [1.807, 2.05) is 64.1 Å². The van der Waals surface area contributed by atoms with Crippen LogP contribution < -0.4 is 5.32 Å². The molecule has 0 saturated carbocycles. The monoisotopic (exact) mass is 477 g/mol. The molecular weight excluding hydrogens is 442 g/mol. The molecule has 0 radical (unpaired) electrons. The molecule has 0 unspecified atom stereocenters. The summed E-state index contributed by atoms with van der Waals surface area (Å²) < 4.78 is 6.26. The van der Waals surface area contributed by atoms with Crippen LogP contribution in [0.3, 0.4) is 0 Å². The van der Waals surface area contributed by atoms with E-state index in [2.05, 4.69) is 5.32 Å². The molecule has 186 valence electrons. The van der Waals surface area contributed by atoms with Crippen molar-refractivity contribution in [1.29, 1.82) is 0 Å². The predicted molar refractivity (Wildman–Crippen MR) is 134 cm³/mol. The fourth-order valence-electron chi connectivity index (χ4n) is 4.76. The van der Waals surface area contributed by atoms with Gasteiger partial charge in [0.25, 0.3) is 11.8 Å². The van der Waals surface area contributed by atoms with Crippen molar-refractivity contribution in [3.8, 4) is 0 Å². The first-order valence-electron chi connectivity index (χ1n) is 12.4. The maximum absolute atomic E-state index is 13.7. The van der Waals surface area contributed by atoms with Crippen LogP contribution in [0.15, 0.2) is 48.5 Å². The Balaban J connectivity index is 1.55. The van der Waals surface area contributed by atoms with Gasteiger partial charge in [0.15, 0.2) is 0 Å². The molecule has 2 aromatic carbocycles. The number of nitrogens with one attached hydrogen (secondary N) is 1. The van der Waals surface area contributed by atoms with Crippen LogP contribution in [0.2, 0.25) is 0 Å². The van der Waals surface area contributed by atoms with Crippen LogP contribution in [0.4, 0.5) is 0 Å². The molecule has 1 atom stereocenters. The number of piperidine rings is 1. The number of nitrogens with zero attached hydrogens (tertiary/aromatic N) is 2. The maximum Gasteiger partial charge on any atom is 0.256 e. The zero-order valence-corrected chi connectivity index (χ0v) is 21.0. The van der Waals surface area contributed by atoms with Crippen LogP contribution in [0.1, 0.15) is 58.5 Å². The standard InChI is InChI=1S/C28H35N3O4/c1-19(2)17-29-25(32)24-18-35-28(31(24)27(34)23-11-7-21(4)8-12-23)13-15-30(16-14-28)26(33)22-9-5-20(3)6-10-22/h5-12,19,24H,13-18H2,1-4H3,(H,29,32)/t24-/m1/s1. The molecule has 2 heterocycles. The fourth-order valence-corrected chi connectivity index (χ4v) is 4.76.